The van der Waals surface area contributed by atoms with Gasteiger partial charge in [0.2, 0.25) is 0 Å². The average Bonchev–Trinajstić information content (AvgIpc) is 1.59. The smallest absolute Gasteiger partial charge is 0.00504 e. The molecule has 0 N–H and O–H groups in total. The van der Waals surface area contributed by atoms with Gasteiger partial charge in [-0.1, -0.05) is 13.3 Å². The van der Waals surface area contributed by atoms with Crippen LogP contribution in [0.4, 0.5) is 0 Å². The van der Waals surface area contributed by atoms with Gasteiger partial charge in [0.05, 0.1) is 0 Å². The number of likely N-dealkylation sites (tertiary alicyclic amines) is 1. The van der Waals surface area contributed by atoms with Gasteiger partial charge in [0, 0.05) is 13.1 Å². The van der Waals surface area contributed by atoms with Gasteiger partial charge in [-0.25, -0.2) is 0 Å². The first-order valence-corrected chi connectivity index (χ1v) is 4.07. The first-order valence-electron chi connectivity index (χ1n) is 4.07. The molecule has 52 valence electrons. The highest BCUT2D eigenvalue weighted by Gasteiger charge is 2.46. The van der Waals surface area contributed by atoms with E-state index in [9.17, 15) is 0 Å². The Kier molecular flexibility index (Phi) is 1.10. The van der Waals surface area contributed by atoms with Crippen molar-refractivity contribution in [1.29, 1.82) is 0 Å². The summed E-state index contributed by atoms with van der Waals surface area (Å²) in [6.07, 6.45) is 4.53. The lowest BCUT2D eigenvalue weighted by Crippen LogP contribution is -2.59. The highest BCUT2D eigenvalue weighted by molar-refractivity contribution is 4.99. The lowest BCUT2D eigenvalue weighted by atomic mass is 9.64. The molecule has 0 aromatic rings. The molecular formula is C8H15N. The molecule has 1 aliphatic carbocycles. The molecule has 1 nitrogen and oxygen atoms in total. The minimum Gasteiger partial charge on any atom is -0.302 e. The van der Waals surface area contributed by atoms with Crippen molar-refractivity contribution in [1.82, 2.24) is 4.90 Å². The molecule has 0 unspecified atom stereocenters. The number of rotatable bonds is 1. The summed E-state index contributed by atoms with van der Waals surface area (Å²) in [5.41, 5.74) is 0.843. The first kappa shape index (κ1) is 5.72. The van der Waals surface area contributed by atoms with Crippen molar-refractivity contribution < 1.29 is 0 Å². The Bertz CT molecular complexity index is 108. The molecule has 2 rings (SSSR count). The Hall–Kier alpha value is -0.0400. The summed E-state index contributed by atoms with van der Waals surface area (Å²) in [6, 6.07) is 0. The van der Waals surface area contributed by atoms with Crippen LogP contribution < -0.4 is 0 Å². The zero-order valence-corrected chi connectivity index (χ0v) is 6.19. The number of hydrogen-bond acceptors (Lipinski definition) is 1. The van der Waals surface area contributed by atoms with Gasteiger partial charge in [-0.15, -0.1) is 0 Å². The Balaban J connectivity index is 1.82. The fourth-order valence-corrected chi connectivity index (χ4v) is 2.12. The number of hydrogen-bond donors (Lipinski definition) is 0. The predicted molar refractivity (Wildman–Crippen MR) is 38.4 cm³/mol. The zero-order valence-electron chi connectivity index (χ0n) is 6.19. The van der Waals surface area contributed by atoms with Crippen LogP contribution in [0.5, 0.6) is 0 Å². The number of nitrogens with zero attached hydrogens (tertiary/aromatic N) is 1. The van der Waals surface area contributed by atoms with Crippen molar-refractivity contribution in [2.75, 3.05) is 19.6 Å². The summed E-state index contributed by atoms with van der Waals surface area (Å²) in [7, 11) is 0. The quantitative estimate of drug-likeness (QED) is 0.513. The van der Waals surface area contributed by atoms with Crippen molar-refractivity contribution in [3.63, 3.8) is 0 Å². The summed E-state index contributed by atoms with van der Waals surface area (Å²) in [5.74, 6) is 0. The molecular weight excluding hydrogens is 110 g/mol. The molecule has 1 spiro atoms. The Morgan fingerprint density at radius 3 is 2.33 bits per heavy atom. The van der Waals surface area contributed by atoms with Crippen molar-refractivity contribution in [3.05, 3.63) is 0 Å². The fraction of sp³-hybridized carbons (Fsp3) is 1.00. The molecule has 0 radical (unpaired) electrons. The third-order valence-corrected chi connectivity index (χ3v) is 2.98. The molecule has 0 amide bonds. The second-order valence-corrected chi connectivity index (χ2v) is 3.66. The van der Waals surface area contributed by atoms with Crippen LogP contribution in [0, 0.1) is 5.41 Å². The summed E-state index contributed by atoms with van der Waals surface area (Å²) < 4.78 is 0. The summed E-state index contributed by atoms with van der Waals surface area (Å²) in [5, 5.41) is 0. The predicted octanol–water partition coefficient (Wildman–Crippen LogP) is 1.49. The molecule has 1 aliphatic heterocycles. The minimum atomic E-state index is 0.843. The van der Waals surface area contributed by atoms with Gasteiger partial charge in [-0.2, -0.15) is 0 Å². The van der Waals surface area contributed by atoms with Crippen molar-refractivity contribution in [2.45, 2.75) is 26.2 Å². The highest BCUT2D eigenvalue weighted by atomic mass is 15.2. The van der Waals surface area contributed by atoms with Crippen LogP contribution in [0.3, 0.4) is 0 Å². The molecule has 0 aromatic carbocycles. The fourth-order valence-electron chi connectivity index (χ4n) is 2.12. The van der Waals surface area contributed by atoms with Gasteiger partial charge in [0.1, 0.15) is 0 Å². The normalized spacial score (nSPS) is 31.7. The monoisotopic (exact) mass is 125 g/mol. The van der Waals surface area contributed by atoms with Gasteiger partial charge in [0.25, 0.3) is 0 Å². The maximum Gasteiger partial charge on any atom is 0.00504 e. The van der Waals surface area contributed by atoms with Gasteiger partial charge in [0.15, 0.2) is 0 Å². The molecule has 1 saturated heterocycles. The van der Waals surface area contributed by atoms with E-state index >= 15 is 0 Å². The molecule has 2 aliphatic rings. The third kappa shape index (κ3) is 0.710. The van der Waals surface area contributed by atoms with Crippen LogP contribution >= 0.6 is 0 Å². The summed E-state index contributed by atoms with van der Waals surface area (Å²) >= 11 is 0. The third-order valence-electron chi connectivity index (χ3n) is 2.98. The van der Waals surface area contributed by atoms with E-state index in [-0.39, 0.29) is 0 Å². The highest BCUT2D eigenvalue weighted by Crippen LogP contribution is 2.47. The van der Waals surface area contributed by atoms with E-state index < -0.39 is 0 Å². The molecule has 0 bridgehead atoms. The van der Waals surface area contributed by atoms with Crippen LogP contribution in [0.1, 0.15) is 26.2 Å². The van der Waals surface area contributed by atoms with Crippen molar-refractivity contribution in [3.8, 4) is 0 Å². The molecule has 1 saturated carbocycles. The standard InChI is InChI=1S/C8H15N/c1-2-9-6-8(7-9)4-3-5-8/h2-7H2,1H3. The van der Waals surface area contributed by atoms with E-state index in [1.54, 1.807) is 0 Å². The second kappa shape index (κ2) is 1.72. The van der Waals surface area contributed by atoms with Gasteiger partial charge < -0.3 is 4.90 Å². The molecule has 9 heavy (non-hydrogen) atoms. The SMILES string of the molecule is CCN1CC2(CCC2)C1. The maximum atomic E-state index is 2.54. The average molecular weight is 125 g/mol. The van der Waals surface area contributed by atoms with E-state index in [2.05, 4.69) is 11.8 Å². The summed E-state index contributed by atoms with van der Waals surface area (Å²) in [6.45, 7) is 6.33. The molecule has 1 heteroatoms. The molecule has 2 fully saturated rings. The van der Waals surface area contributed by atoms with Crippen LogP contribution in [0.15, 0.2) is 0 Å². The van der Waals surface area contributed by atoms with Crippen molar-refractivity contribution >= 4 is 0 Å². The molecule has 1 heterocycles. The minimum absolute atomic E-state index is 0.843. The largest absolute Gasteiger partial charge is 0.302 e. The van der Waals surface area contributed by atoms with E-state index in [1.165, 1.54) is 38.9 Å². The van der Waals surface area contributed by atoms with Gasteiger partial charge in [-0.05, 0) is 24.8 Å². The zero-order chi connectivity index (χ0) is 6.32. The Labute approximate surface area is 57.0 Å². The second-order valence-electron chi connectivity index (χ2n) is 3.66. The topological polar surface area (TPSA) is 3.24 Å². The van der Waals surface area contributed by atoms with E-state index in [0.29, 0.717) is 0 Å². The van der Waals surface area contributed by atoms with E-state index in [1.807, 2.05) is 0 Å². The Morgan fingerprint density at radius 1 is 1.33 bits per heavy atom. The maximum absolute atomic E-state index is 2.54. The summed E-state index contributed by atoms with van der Waals surface area (Å²) in [4.78, 5) is 2.54. The van der Waals surface area contributed by atoms with Crippen LogP contribution in [-0.4, -0.2) is 24.5 Å². The lowest BCUT2D eigenvalue weighted by molar-refractivity contribution is -0.0564. The molecule has 0 atom stereocenters. The van der Waals surface area contributed by atoms with E-state index in [4.69, 9.17) is 0 Å². The van der Waals surface area contributed by atoms with Gasteiger partial charge in [-0.3, -0.25) is 0 Å². The lowest BCUT2D eigenvalue weighted by Gasteiger charge is -2.56. The first-order chi connectivity index (χ1) is 4.35. The van der Waals surface area contributed by atoms with Gasteiger partial charge >= 0.3 is 0 Å². The Morgan fingerprint density at radius 2 is 2.00 bits per heavy atom. The van der Waals surface area contributed by atoms with Crippen LogP contribution in [0.2, 0.25) is 0 Å². The van der Waals surface area contributed by atoms with Crippen LogP contribution in [0.25, 0.3) is 0 Å². The molecule has 0 aromatic heterocycles. The van der Waals surface area contributed by atoms with E-state index in [0.717, 1.165) is 5.41 Å². The van der Waals surface area contributed by atoms with Crippen LogP contribution in [-0.2, 0) is 0 Å². The van der Waals surface area contributed by atoms with Crippen molar-refractivity contribution in [2.24, 2.45) is 5.41 Å².